The van der Waals surface area contributed by atoms with Crippen molar-refractivity contribution in [1.82, 2.24) is 9.88 Å². The molecule has 2 aromatic rings. The molecule has 1 amide bonds. The van der Waals surface area contributed by atoms with Crippen molar-refractivity contribution in [2.24, 2.45) is 0 Å². The topological polar surface area (TPSA) is 45.7 Å². The first kappa shape index (κ1) is 19.4. The minimum absolute atomic E-state index is 0.0855. The number of likely N-dealkylation sites (tertiary alicyclic amines) is 1. The molecular formula is C22H29N3O2. The van der Waals surface area contributed by atoms with Crippen LogP contribution in [-0.4, -0.2) is 56.2 Å². The molecule has 1 unspecified atom stereocenters. The molecule has 5 nitrogen and oxygen atoms in total. The molecule has 27 heavy (non-hydrogen) atoms. The lowest BCUT2D eigenvalue weighted by Gasteiger charge is -2.22. The Hall–Kier alpha value is -2.40. The van der Waals surface area contributed by atoms with E-state index in [9.17, 15) is 4.79 Å². The monoisotopic (exact) mass is 367 g/mol. The lowest BCUT2D eigenvalue weighted by Crippen LogP contribution is -2.32. The van der Waals surface area contributed by atoms with Crippen LogP contribution in [-0.2, 0) is 4.74 Å². The number of hydrogen-bond donors (Lipinski definition) is 0. The molecule has 0 radical (unpaired) electrons. The number of benzene rings is 1. The molecule has 1 aliphatic rings. The minimum Gasteiger partial charge on any atom is -0.383 e. The van der Waals surface area contributed by atoms with E-state index in [-0.39, 0.29) is 5.91 Å². The summed E-state index contributed by atoms with van der Waals surface area (Å²) in [7, 11) is 3.66. The van der Waals surface area contributed by atoms with Crippen LogP contribution in [0.15, 0.2) is 48.7 Å². The van der Waals surface area contributed by atoms with Gasteiger partial charge in [0, 0.05) is 40.0 Å². The SMILES string of the molecule is COCCN(C)c1ccc(C(=O)N2CCCC(c3ccccc3)CC2)cn1. The van der Waals surface area contributed by atoms with E-state index >= 15 is 0 Å². The normalized spacial score (nSPS) is 17.4. The highest BCUT2D eigenvalue weighted by Gasteiger charge is 2.22. The highest BCUT2D eigenvalue weighted by atomic mass is 16.5. The van der Waals surface area contributed by atoms with Gasteiger partial charge in [0.1, 0.15) is 5.82 Å². The maximum atomic E-state index is 12.9. The van der Waals surface area contributed by atoms with E-state index in [4.69, 9.17) is 4.74 Å². The van der Waals surface area contributed by atoms with Crippen molar-refractivity contribution >= 4 is 11.7 Å². The predicted octanol–water partition coefficient (Wildman–Crippen LogP) is 3.57. The van der Waals surface area contributed by atoms with Gasteiger partial charge in [-0.2, -0.15) is 0 Å². The number of carbonyl (C=O) groups excluding carboxylic acids is 1. The number of amides is 1. The number of carbonyl (C=O) groups is 1. The number of ether oxygens (including phenoxy) is 1. The zero-order chi connectivity index (χ0) is 19.1. The molecule has 1 fully saturated rings. The van der Waals surface area contributed by atoms with E-state index in [1.165, 1.54) is 5.56 Å². The highest BCUT2D eigenvalue weighted by Crippen LogP contribution is 2.28. The quantitative estimate of drug-likeness (QED) is 0.783. The van der Waals surface area contributed by atoms with Crippen molar-refractivity contribution in [3.05, 3.63) is 59.8 Å². The molecule has 0 N–H and O–H groups in total. The molecule has 2 heterocycles. The average Bonchev–Trinajstić information content (AvgIpc) is 2.98. The third kappa shape index (κ3) is 5.07. The van der Waals surface area contributed by atoms with Gasteiger partial charge in [0.15, 0.2) is 0 Å². The summed E-state index contributed by atoms with van der Waals surface area (Å²) in [5.74, 6) is 1.48. The van der Waals surface area contributed by atoms with Gasteiger partial charge in [-0.1, -0.05) is 30.3 Å². The number of nitrogens with zero attached hydrogens (tertiary/aromatic N) is 3. The van der Waals surface area contributed by atoms with Gasteiger partial charge in [0.2, 0.25) is 0 Å². The number of anilines is 1. The van der Waals surface area contributed by atoms with Gasteiger partial charge in [-0.3, -0.25) is 4.79 Å². The van der Waals surface area contributed by atoms with Crippen molar-refractivity contribution in [3.63, 3.8) is 0 Å². The summed E-state index contributed by atoms with van der Waals surface area (Å²) in [6.07, 6.45) is 4.88. The Morgan fingerprint density at radius 1 is 1.19 bits per heavy atom. The Balaban J connectivity index is 1.60. The van der Waals surface area contributed by atoms with Crippen LogP contribution in [0.3, 0.4) is 0 Å². The number of methoxy groups -OCH3 is 1. The average molecular weight is 367 g/mol. The van der Waals surface area contributed by atoms with Crippen molar-refractivity contribution in [3.8, 4) is 0 Å². The second-order valence-corrected chi connectivity index (χ2v) is 7.15. The lowest BCUT2D eigenvalue weighted by molar-refractivity contribution is 0.0760. The molecule has 1 aromatic carbocycles. The van der Waals surface area contributed by atoms with Gasteiger partial charge in [-0.25, -0.2) is 4.98 Å². The van der Waals surface area contributed by atoms with E-state index in [1.807, 2.05) is 29.0 Å². The standard InChI is InChI=1S/C22H29N3O2/c1-24(15-16-27-2)21-11-10-20(17-23-21)22(26)25-13-6-9-19(12-14-25)18-7-4-3-5-8-18/h3-5,7-8,10-11,17,19H,6,9,12-16H2,1-2H3. The molecular weight excluding hydrogens is 338 g/mol. The summed E-state index contributed by atoms with van der Waals surface area (Å²) in [4.78, 5) is 21.4. The maximum Gasteiger partial charge on any atom is 0.255 e. The van der Waals surface area contributed by atoms with Crippen LogP contribution in [0.25, 0.3) is 0 Å². The smallest absolute Gasteiger partial charge is 0.255 e. The fourth-order valence-electron chi connectivity index (χ4n) is 3.62. The van der Waals surface area contributed by atoms with Crippen LogP contribution in [0.2, 0.25) is 0 Å². The molecule has 0 bridgehead atoms. The van der Waals surface area contributed by atoms with Crippen molar-refractivity contribution in [2.75, 3.05) is 45.3 Å². The van der Waals surface area contributed by atoms with Gasteiger partial charge in [0.25, 0.3) is 5.91 Å². The summed E-state index contributed by atoms with van der Waals surface area (Å²) in [5.41, 5.74) is 2.05. The maximum absolute atomic E-state index is 12.9. The van der Waals surface area contributed by atoms with Crippen molar-refractivity contribution in [2.45, 2.75) is 25.2 Å². The van der Waals surface area contributed by atoms with Gasteiger partial charge in [-0.05, 0) is 42.9 Å². The van der Waals surface area contributed by atoms with Crippen LogP contribution < -0.4 is 4.90 Å². The van der Waals surface area contributed by atoms with Crippen LogP contribution in [0.1, 0.15) is 41.1 Å². The predicted molar refractivity (Wildman–Crippen MR) is 108 cm³/mol. The van der Waals surface area contributed by atoms with E-state index in [0.29, 0.717) is 18.1 Å². The van der Waals surface area contributed by atoms with Crippen LogP contribution >= 0.6 is 0 Å². The second kappa shape index (κ2) is 9.51. The molecule has 0 saturated carbocycles. The van der Waals surface area contributed by atoms with Crippen LogP contribution in [0.5, 0.6) is 0 Å². The third-order valence-corrected chi connectivity index (χ3v) is 5.30. The third-order valence-electron chi connectivity index (χ3n) is 5.30. The Morgan fingerprint density at radius 3 is 2.70 bits per heavy atom. The van der Waals surface area contributed by atoms with Gasteiger partial charge in [-0.15, -0.1) is 0 Å². The zero-order valence-electron chi connectivity index (χ0n) is 16.3. The molecule has 1 aliphatic heterocycles. The molecule has 5 heteroatoms. The second-order valence-electron chi connectivity index (χ2n) is 7.15. The van der Waals surface area contributed by atoms with Gasteiger partial charge < -0.3 is 14.5 Å². The molecule has 1 atom stereocenters. The Kier molecular flexibility index (Phi) is 6.82. The fourth-order valence-corrected chi connectivity index (χ4v) is 3.62. The number of aromatic nitrogens is 1. The number of rotatable bonds is 6. The highest BCUT2D eigenvalue weighted by molar-refractivity contribution is 5.94. The first-order chi connectivity index (χ1) is 13.2. The fraction of sp³-hybridized carbons (Fsp3) is 0.455. The summed E-state index contributed by atoms with van der Waals surface area (Å²) in [6, 6.07) is 14.4. The Labute approximate surface area is 162 Å². The Bertz CT molecular complexity index is 718. The summed E-state index contributed by atoms with van der Waals surface area (Å²) >= 11 is 0. The summed E-state index contributed by atoms with van der Waals surface area (Å²) in [5, 5.41) is 0. The van der Waals surface area contributed by atoms with Gasteiger partial charge in [0.05, 0.1) is 12.2 Å². The molecule has 0 spiro atoms. The zero-order valence-corrected chi connectivity index (χ0v) is 16.3. The van der Waals surface area contributed by atoms with Gasteiger partial charge >= 0.3 is 0 Å². The Morgan fingerprint density at radius 2 is 2.00 bits per heavy atom. The number of pyridine rings is 1. The summed E-state index contributed by atoms with van der Waals surface area (Å²) < 4.78 is 5.10. The van der Waals surface area contributed by atoms with E-state index < -0.39 is 0 Å². The summed E-state index contributed by atoms with van der Waals surface area (Å²) in [6.45, 7) is 3.03. The first-order valence-electron chi connectivity index (χ1n) is 9.69. The molecule has 1 saturated heterocycles. The van der Waals surface area contributed by atoms with E-state index in [2.05, 4.69) is 35.3 Å². The van der Waals surface area contributed by atoms with E-state index in [0.717, 1.165) is 44.7 Å². The molecule has 144 valence electrons. The lowest BCUT2D eigenvalue weighted by atomic mass is 9.92. The largest absolute Gasteiger partial charge is 0.383 e. The minimum atomic E-state index is 0.0855. The van der Waals surface area contributed by atoms with Crippen LogP contribution in [0, 0.1) is 0 Å². The van der Waals surface area contributed by atoms with Crippen LogP contribution in [0.4, 0.5) is 5.82 Å². The van der Waals surface area contributed by atoms with E-state index in [1.54, 1.807) is 13.3 Å². The number of hydrogen-bond acceptors (Lipinski definition) is 4. The van der Waals surface area contributed by atoms with Crippen molar-refractivity contribution in [1.29, 1.82) is 0 Å². The molecule has 0 aliphatic carbocycles. The number of likely N-dealkylation sites (N-methyl/N-ethyl adjacent to an activating group) is 1. The molecule has 3 rings (SSSR count). The first-order valence-corrected chi connectivity index (χ1v) is 9.69. The molecule has 1 aromatic heterocycles. The van der Waals surface area contributed by atoms with Crippen molar-refractivity contribution < 1.29 is 9.53 Å².